The number of carbonyl (C=O) groups is 1. The maximum Gasteiger partial charge on any atom is 0.458 e. The first kappa shape index (κ1) is 32.3. The van der Waals surface area contributed by atoms with E-state index in [1.807, 2.05) is 0 Å². The fourth-order valence-corrected chi connectivity index (χ4v) is 3.37. The maximum atomic E-state index is 14.0. The second-order valence-corrected chi connectivity index (χ2v) is 8.40. The van der Waals surface area contributed by atoms with Crippen molar-refractivity contribution in [2.45, 2.75) is 12.1 Å². The molecule has 0 aliphatic heterocycles. The molecule has 15 heteroatoms. The number of alkyl halides is 5. The number of halogens is 7. The van der Waals surface area contributed by atoms with Crippen molar-refractivity contribution in [1.29, 1.82) is 0 Å². The smallest absolute Gasteiger partial charge is 0.458 e. The molecule has 0 saturated heterocycles. The maximum absolute atomic E-state index is 14.0. The third-order valence-electron chi connectivity index (χ3n) is 5.46. The number of ether oxygens (including phenoxy) is 3. The molecule has 1 amide bonds. The van der Waals surface area contributed by atoms with Crippen molar-refractivity contribution in [3.63, 3.8) is 0 Å². The molecule has 8 nitrogen and oxygen atoms in total. The number of carbonyl (C=O) groups excluding carboxylic acids is 1. The Hall–Kier alpha value is -5.21. The summed E-state index contributed by atoms with van der Waals surface area (Å²) in [6.45, 7) is 0. The summed E-state index contributed by atoms with van der Waals surface area (Å²) < 4.78 is 107. The number of pyridine rings is 1. The predicted molar refractivity (Wildman–Crippen MR) is 139 cm³/mol. The largest absolute Gasteiger partial charge is 0.508 e. The molecule has 0 radical (unpaired) electrons. The highest BCUT2D eigenvalue weighted by atomic mass is 19.4. The number of aromatic hydroxyl groups is 1. The first-order chi connectivity index (χ1) is 20.2. The third-order valence-corrected chi connectivity index (χ3v) is 5.46. The van der Waals surface area contributed by atoms with Gasteiger partial charge in [0.15, 0.2) is 23.1 Å². The molecule has 0 bridgehead atoms. The molecule has 0 atom stereocenters. The van der Waals surface area contributed by atoms with Gasteiger partial charge in [-0.1, -0.05) is 6.07 Å². The molecule has 0 spiro atoms. The van der Waals surface area contributed by atoms with E-state index in [4.69, 9.17) is 14.6 Å². The predicted octanol–water partition coefficient (Wildman–Crippen LogP) is 6.76. The quantitative estimate of drug-likeness (QED) is 0.199. The number of benzene rings is 3. The van der Waals surface area contributed by atoms with Crippen LogP contribution in [0.3, 0.4) is 0 Å². The minimum Gasteiger partial charge on any atom is -0.508 e. The summed E-state index contributed by atoms with van der Waals surface area (Å²) in [5, 5.41) is 11.0. The van der Waals surface area contributed by atoms with E-state index in [0.29, 0.717) is 18.2 Å². The number of aromatic amines is 1. The summed E-state index contributed by atoms with van der Waals surface area (Å²) in [6.07, 6.45) is -4.69. The van der Waals surface area contributed by atoms with Crippen LogP contribution in [0.5, 0.6) is 28.7 Å². The Morgan fingerprint density at radius 3 is 2.00 bits per heavy atom. The van der Waals surface area contributed by atoms with Gasteiger partial charge in [0.05, 0.1) is 19.8 Å². The van der Waals surface area contributed by atoms with E-state index in [1.165, 1.54) is 38.6 Å². The monoisotopic (exact) mass is 614 g/mol. The minimum absolute atomic E-state index is 0.0230. The van der Waals surface area contributed by atoms with Gasteiger partial charge in [0.2, 0.25) is 5.56 Å². The molecule has 1 aromatic heterocycles. The van der Waals surface area contributed by atoms with Crippen LogP contribution in [-0.4, -0.2) is 36.4 Å². The Kier molecular flexibility index (Phi) is 9.90. The number of hydrogen-bond acceptors (Lipinski definition) is 6. The van der Waals surface area contributed by atoms with Crippen molar-refractivity contribution < 1.29 is 54.8 Å². The number of phenols is 1. The standard InChI is InChI=1S/C21H14F6N2O4.C7H7FO2/c1-32-16-5-3-13(10-15(16)22)33-17-8-11(20(23,24)21(25,26)27)2-4-14(17)19(31)29-12-6-7-28-18(30)9-12;1-10-7-3-2-5(9)4-6(7)8/h2-10H,1H3,(H2,28,29,30,31);2-4,9H,1H3. The highest BCUT2D eigenvalue weighted by Gasteiger charge is 2.58. The summed E-state index contributed by atoms with van der Waals surface area (Å²) in [5.41, 5.74) is -2.48. The Bertz CT molecular complexity index is 1660. The lowest BCUT2D eigenvalue weighted by Crippen LogP contribution is -2.33. The molecule has 0 unspecified atom stereocenters. The van der Waals surface area contributed by atoms with E-state index < -0.39 is 52.1 Å². The van der Waals surface area contributed by atoms with Gasteiger partial charge in [0, 0.05) is 35.6 Å². The zero-order valence-electron chi connectivity index (χ0n) is 22.1. The average molecular weight is 614 g/mol. The van der Waals surface area contributed by atoms with Crippen LogP contribution in [0.1, 0.15) is 15.9 Å². The number of phenolic OH excluding ortho intramolecular Hbond substituents is 1. The van der Waals surface area contributed by atoms with Crippen LogP contribution in [0.15, 0.2) is 77.7 Å². The van der Waals surface area contributed by atoms with E-state index in [0.717, 1.165) is 30.3 Å². The van der Waals surface area contributed by atoms with Gasteiger partial charge < -0.3 is 29.6 Å². The zero-order chi connectivity index (χ0) is 31.9. The number of rotatable bonds is 7. The Balaban J connectivity index is 0.000000428. The molecule has 228 valence electrons. The van der Waals surface area contributed by atoms with E-state index in [2.05, 4.69) is 15.0 Å². The summed E-state index contributed by atoms with van der Waals surface area (Å²) >= 11 is 0. The number of hydrogen-bond donors (Lipinski definition) is 3. The van der Waals surface area contributed by atoms with Gasteiger partial charge in [-0.2, -0.15) is 22.0 Å². The highest BCUT2D eigenvalue weighted by Crippen LogP contribution is 2.45. The number of nitrogens with one attached hydrogen (secondary N) is 2. The second-order valence-electron chi connectivity index (χ2n) is 8.40. The molecular formula is C28H21F7N2O6. The van der Waals surface area contributed by atoms with Crippen molar-refractivity contribution in [3.8, 4) is 28.7 Å². The van der Waals surface area contributed by atoms with Crippen LogP contribution >= 0.6 is 0 Å². The molecule has 43 heavy (non-hydrogen) atoms. The lowest BCUT2D eigenvalue weighted by atomic mass is 10.0. The van der Waals surface area contributed by atoms with Crippen LogP contribution in [0.4, 0.5) is 36.4 Å². The van der Waals surface area contributed by atoms with Gasteiger partial charge in [0.1, 0.15) is 17.2 Å². The highest BCUT2D eigenvalue weighted by molar-refractivity contribution is 6.06. The molecular weight excluding hydrogens is 593 g/mol. The van der Waals surface area contributed by atoms with Crippen molar-refractivity contribution in [2.24, 2.45) is 0 Å². The van der Waals surface area contributed by atoms with Crippen molar-refractivity contribution in [3.05, 3.63) is 106 Å². The molecule has 0 aliphatic carbocycles. The lowest BCUT2D eigenvalue weighted by molar-refractivity contribution is -0.289. The SMILES string of the molecule is COc1ccc(O)cc1F.COc1ccc(Oc2cc(C(F)(F)C(F)(F)F)ccc2C(=O)Nc2cc[nH]c(=O)c2)cc1F. The van der Waals surface area contributed by atoms with E-state index in [9.17, 15) is 40.3 Å². The summed E-state index contributed by atoms with van der Waals surface area (Å²) in [5.74, 6) is -8.83. The first-order valence-electron chi connectivity index (χ1n) is 11.8. The Morgan fingerprint density at radius 1 is 0.814 bits per heavy atom. The van der Waals surface area contributed by atoms with Gasteiger partial charge in [-0.15, -0.1) is 0 Å². The fraction of sp³-hybridized carbons (Fsp3) is 0.143. The molecule has 3 aromatic carbocycles. The first-order valence-corrected chi connectivity index (χ1v) is 11.8. The molecule has 1 heterocycles. The minimum atomic E-state index is -5.91. The van der Waals surface area contributed by atoms with Crippen molar-refractivity contribution in [2.75, 3.05) is 19.5 Å². The number of methoxy groups -OCH3 is 2. The second kappa shape index (κ2) is 13.2. The van der Waals surface area contributed by atoms with E-state index in [-0.39, 0.29) is 28.7 Å². The molecule has 0 fully saturated rings. The van der Waals surface area contributed by atoms with Crippen molar-refractivity contribution in [1.82, 2.24) is 4.98 Å². The summed E-state index contributed by atoms with van der Waals surface area (Å²) in [7, 11) is 2.56. The van der Waals surface area contributed by atoms with Gasteiger partial charge in [-0.05, 0) is 42.5 Å². The lowest BCUT2D eigenvalue weighted by Gasteiger charge is -2.21. The topological polar surface area (TPSA) is 110 Å². The average Bonchev–Trinajstić information content (AvgIpc) is 2.93. The van der Waals surface area contributed by atoms with Gasteiger partial charge in [-0.25, -0.2) is 8.78 Å². The van der Waals surface area contributed by atoms with Crippen molar-refractivity contribution >= 4 is 11.6 Å². The summed E-state index contributed by atoms with van der Waals surface area (Å²) in [4.78, 5) is 26.4. The number of anilines is 1. The molecule has 3 N–H and O–H groups in total. The fourth-order valence-electron chi connectivity index (χ4n) is 3.37. The van der Waals surface area contributed by atoms with Crippen LogP contribution in [-0.2, 0) is 5.92 Å². The van der Waals surface area contributed by atoms with Gasteiger partial charge in [-0.3, -0.25) is 9.59 Å². The summed E-state index contributed by atoms with van der Waals surface area (Å²) in [6, 6.07) is 10.6. The normalized spacial score (nSPS) is 11.2. The Morgan fingerprint density at radius 2 is 1.44 bits per heavy atom. The number of aromatic nitrogens is 1. The number of amides is 1. The number of H-pyrrole nitrogens is 1. The molecule has 0 saturated carbocycles. The molecule has 4 aromatic rings. The molecule has 4 rings (SSSR count). The Labute approximate surface area is 238 Å². The van der Waals surface area contributed by atoms with E-state index in [1.54, 1.807) is 0 Å². The zero-order valence-corrected chi connectivity index (χ0v) is 22.1. The molecule has 0 aliphatic rings. The third kappa shape index (κ3) is 7.96. The van der Waals surface area contributed by atoms with Crippen LogP contribution in [0, 0.1) is 11.6 Å². The van der Waals surface area contributed by atoms with Crippen LogP contribution < -0.4 is 25.1 Å². The van der Waals surface area contributed by atoms with Gasteiger partial charge in [0.25, 0.3) is 5.91 Å². The van der Waals surface area contributed by atoms with E-state index >= 15 is 0 Å². The van der Waals surface area contributed by atoms with Crippen LogP contribution in [0.25, 0.3) is 0 Å². The van der Waals surface area contributed by atoms with Gasteiger partial charge >= 0.3 is 12.1 Å². The van der Waals surface area contributed by atoms with Crippen LogP contribution in [0.2, 0.25) is 0 Å².